The molecule has 4 nitrogen and oxygen atoms in total. The second kappa shape index (κ2) is 6.31. The number of halogens is 2. The summed E-state index contributed by atoms with van der Waals surface area (Å²) >= 11 is 12.3. The Morgan fingerprint density at radius 1 is 1.14 bits per heavy atom. The first kappa shape index (κ1) is 15.4. The molecule has 2 aromatic rings. The molecule has 1 atom stereocenters. The van der Waals surface area contributed by atoms with Gasteiger partial charge in [-0.05, 0) is 25.3 Å². The van der Waals surface area contributed by atoms with Crippen LogP contribution in [0.1, 0.15) is 30.0 Å². The van der Waals surface area contributed by atoms with Gasteiger partial charge < -0.3 is 9.64 Å². The highest BCUT2D eigenvalue weighted by atomic mass is 35.5. The zero-order valence-electron chi connectivity index (χ0n) is 12.5. The number of rotatable bonds is 3. The minimum Gasteiger partial charge on any atom is -0.491 e. The number of benzene rings is 1. The lowest BCUT2D eigenvalue weighted by Gasteiger charge is -2.25. The molecule has 3 rings (SSSR count). The highest BCUT2D eigenvalue weighted by Crippen LogP contribution is 2.38. The molecular weight excluding hydrogens is 321 g/mol. The number of anilines is 1. The van der Waals surface area contributed by atoms with E-state index in [-0.39, 0.29) is 16.3 Å². The number of aryl methyl sites for hydroxylation is 1. The van der Waals surface area contributed by atoms with E-state index >= 15 is 0 Å². The predicted octanol–water partition coefficient (Wildman–Crippen LogP) is 4.44. The van der Waals surface area contributed by atoms with E-state index in [1.54, 1.807) is 0 Å². The van der Waals surface area contributed by atoms with E-state index in [1.807, 2.05) is 0 Å². The molecule has 6 heteroatoms. The van der Waals surface area contributed by atoms with Crippen LogP contribution in [0.4, 0.5) is 5.95 Å². The molecule has 0 spiro atoms. The van der Waals surface area contributed by atoms with Crippen molar-refractivity contribution in [3.63, 3.8) is 0 Å². The number of hydrogen-bond donors (Lipinski definition) is 0. The number of aromatic nitrogens is 2. The molecule has 0 radical (unpaired) electrons. The zero-order chi connectivity index (χ0) is 15.7. The molecule has 0 aliphatic carbocycles. The molecule has 1 unspecified atom stereocenters. The third-order valence-electron chi connectivity index (χ3n) is 3.95. The van der Waals surface area contributed by atoms with Crippen LogP contribution in [0.25, 0.3) is 0 Å². The Bertz CT molecular complexity index is 653. The fourth-order valence-electron chi connectivity index (χ4n) is 2.83. The van der Waals surface area contributed by atoms with E-state index in [9.17, 15) is 0 Å². The van der Waals surface area contributed by atoms with Crippen LogP contribution in [0.2, 0.25) is 10.3 Å². The second-order valence-electron chi connectivity index (χ2n) is 5.40. The summed E-state index contributed by atoms with van der Waals surface area (Å²) in [5, 5.41) is 0.485. The summed E-state index contributed by atoms with van der Waals surface area (Å²) in [7, 11) is 1.50. The molecule has 0 N–H and O–H groups in total. The van der Waals surface area contributed by atoms with E-state index in [0.29, 0.717) is 11.7 Å². The molecule has 0 amide bonds. The maximum absolute atomic E-state index is 6.14. The Hall–Kier alpha value is -1.52. The number of hydrogen-bond acceptors (Lipinski definition) is 4. The second-order valence-corrected chi connectivity index (χ2v) is 6.12. The first-order valence-electron chi connectivity index (χ1n) is 7.20. The molecule has 1 fully saturated rings. The Morgan fingerprint density at radius 3 is 2.36 bits per heavy atom. The number of methoxy groups -OCH3 is 1. The van der Waals surface area contributed by atoms with Gasteiger partial charge in [-0.3, -0.25) is 0 Å². The fourth-order valence-corrected chi connectivity index (χ4v) is 3.36. The molecule has 1 aromatic carbocycles. The summed E-state index contributed by atoms with van der Waals surface area (Å²) in [5.41, 5.74) is 2.51. The van der Waals surface area contributed by atoms with Crippen molar-refractivity contribution in [1.29, 1.82) is 0 Å². The van der Waals surface area contributed by atoms with Crippen molar-refractivity contribution in [2.45, 2.75) is 25.8 Å². The molecule has 0 bridgehead atoms. The van der Waals surface area contributed by atoms with Crippen LogP contribution in [0.5, 0.6) is 5.75 Å². The van der Waals surface area contributed by atoms with Crippen molar-refractivity contribution < 1.29 is 4.74 Å². The lowest BCUT2D eigenvalue weighted by Crippen LogP contribution is -2.24. The van der Waals surface area contributed by atoms with Gasteiger partial charge in [0, 0.05) is 6.54 Å². The molecule has 22 heavy (non-hydrogen) atoms. The molecular formula is C16H17Cl2N3O. The minimum atomic E-state index is 0.243. The summed E-state index contributed by atoms with van der Waals surface area (Å²) in [4.78, 5) is 10.9. The molecule has 2 heterocycles. The van der Waals surface area contributed by atoms with Gasteiger partial charge in [0.2, 0.25) is 5.95 Å². The average Bonchev–Trinajstić information content (AvgIpc) is 2.97. The molecule has 116 valence electrons. The first-order valence-corrected chi connectivity index (χ1v) is 7.96. The molecule has 1 aromatic heterocycles. The smallest absolute Gasteiger partial charge is 0.228 e. The van der Waals surface area contributed by atoms with Gasteiger partial charge in [0.25, 0.3) is 0 Å². The lowest BCUT2D eigenvalue weighted by atomic mass is 10.0. The monoisotopic (exact) mass is 337 g/mol. The van der Waals surface area contributed by atoms with Gasteiger partial charge in [-0.25, -0.2) is 0 Å². The summed E-state index contributed by atoms with van der Waals surface area (Å²) in [6, 6.07) is 8.82. The summed E-state index contributed by atoms with van der Waals surface area (Å²) in [5.74, 6) is 0.872. The van der Waals surface area contributed by atoms with Crippen LogP contribution in [-0.2, 0) is 0 Å². The topological polar surface area (TPSA) is 38.2 Å². The van der Waals surface area contributed by atoms with Crippen molar-refractivity contribution in [2.75, 3.05) is 18.6 Å². The van der Waals surface area contributed by atoms with Crippen molar-refractivity contribution in [3.8, 4) is 5.75 Å². The van der Waals surface area contributed by atoms with Crippen LogP contribution in [0, 0.1) is 6.92 Å². The standard InChI is InChI=1S/C16H17Cl2N3O/c1-10-5-7-11(8-6-10)12-4-3-9-21(12)16-19-14(17)13(22-2)15(18)20-16/h5-8,12H,3-4,9H2,1-2H3. The molecule has 1 saturated heterocycles. The van der Waals surface area contributed by atoms with Crippen molar-refractivity contribution in [2.24, 2.45) is 0 Å². The third-order valence-corrected chi connectivity index (χ3v) is 4.46. The van der Waals surface area contributed by atoms with Crippen molar-refractivity contribution >= 4 is 29.2 Å². The largest absolute Gasteiger partial charge is 0.491 e. The van der Waals surface area contributed by atoms with Gasteiger partial charge in [-0.1, -0.05) is 53.0 Å². The maximum atomic E-state index is 6.14. The maximum Gasteiger partial charge on any atom is 0.228 e. The number of nitrogens with zero attached hydrogens (tertiary/aromatic N) is 3. The highest BCUT2D eigenvalue weighted by molar-refractivity contribution is 6.35. The normalized spacial score (nSPS) is 17.8. The lowest BCUT2D eigenvalue weighted by molar-refractivity contribution is 0.411. The van der Waals surface area contributed by atoms with Gasteiger partial charge in [-0.15, -0.1) is 0 Å². The number of ether oxygens (including phenoxy) is 1. The van der Waals surface area contributed by atoms with E-state index < -0.39 is 0 Å². The SMILES string of the molecule is COc1c(Cl)nc(N2CCCC2c2ccc(C)cc2)nc1Cl. The van der Waals surface area contributed by atoms with Crippen LogP contribution >= 0.6 is 23.2 Å². The van der Waals surface area contributed by atoms with Gasteiger partial charge in [0.1, 0.15) is 0 Å². The third kappa shape index (κ3) is 2.85. The van der Waals surface area contributed by atoms with Crippen molar-refractivity contribution in [3.05, 3.63) is 45.7 Å². The predicted molar refractivity (Wildman–Crippen MR) is 89.1 cm³/mol. The zero-order valence-corrected chi connectivity index (χ0v) is 14.0. The minimum absolute atomic E-state index is 0.243. The van der Waals surface area contributed by atoms with Gasteiger partial charge >= 0.3 is 0 Å². The summed E-state index contributed by atoms with van der Waals surface area (Å²) in [6.45, 7) is 2.97. The van der Waals surface area contributed by atoms with E-state index in [1.165, 1.54) is 18.2 Å². The summed E-state index contributed by atoms with van der Waals surface area (Å²) in [6.07, 6.45) is 2.15. The Morgan fingerprint density at radius 2 is 1.77 bits per heavy atom. The average molecular weight is 338 g/mol. The Kier molecular flexibility index (Phi) is 4.41. The fraction of sp³-hybridized carbons (Fsp3) is 0.375. The van der Waals surface area contributed by atoms with Crippen LogP contribution in [0.15, 0.2) is 24.3 Å². The van der Waals surface area contributed by atoms with E-state index in [0.717, 1.165) is 19.4 Å². The van der Waals surface area contributed by atoms with Gasteiger partial charge in [-0.2, -0.15) is 9.97 Å². The van der Waals surface area contributed by atoms with E-state index in [4.69, 9.17) is 27.9 Å². The Labute approximate surface area is 140 Å². The van der Waals surface area contributed by atoms with E-state index in [2.05, 4.69) is 46.1 Å². The highest BCUT2D eigenvalue weighted by Gasteiger charge is 2.29. The van der Waals surface area contributed by atoms with Gasteiger partial charge in [0.05, 0.1) is 13.2 Å². The van der Waals surface area contributed by atoms with Gasteiger partial charge in [0.15, 0.2) is 16.1 Å². The molecule has 1 aliphatic heterocycles. The Balaban J connectivity index is 1.95. The van der Waals surface area contributed by atoms with Crippen molar-refractivity contribution in [1.82, 2.24) is 9.97 Å². The summed E-state index contributed by atoms with van der Waals surface area (Å²) < 4.78 is 5.11. The molecule has 0 saturated carbocycles. The quantitative estimate of drug-likeness (QED) is 0.776. The first-order chi connectivity index (χ1) is 10.6. The molecule has 1 aliphatic rings. The van der Waals surface area contributed by atoms with Crippen LogP contribution < -0.4 is 9.64 Å². The van der Waals surface area contributed by atoms with Crippen LogP contribution in [0.3, 0.4) is 0 Å². The van der Waals surface area contributed by atoms with Crippen LogP contribution in [-0.4, -0.2) is 23.6 Å².